The van der Waals surface area contributed by atoms with Crippen LogP contribution in [0.5, 0.6) is 0 Å². The molecule has 38 heavy (non-hydrogen) atoms. The van der Waals surface area contributed by atoms with Gasteiger partial charge < -0.3 is 15.5 Å². The van der Waals surface area contributed by atoms with E-state index in [9.17, 15) is 0 Å². The van der Waals surface area contributed by atoms with Crippen LogP contribution in [0.1, 0.15) is 66.0 Å². The number of benzene rings is 2. The highest BCUT2D eigenvalue weighted by molar-refractivity contribution is 5.66. The van der Waals surface area contributed by atoms with Gasteiger partial charge in [0.1, 0.15) is 0 Å². The van der Waals surface area contributed by atoms with Crippen molar-refractivity contribution in [2.75, 3.05) is 0 Å². The molecular formula is C35H41N3. The molecule has 3 nitrogen and oxygen atoms in total. The predicted molar refractivity (Wildman–Crippen MR) is 159 cm³/mol. The van der Waals surface area contributed by atoms with Crippen molar-refractivity contribution in [2.24, 2.45) is 5.41 Å². The van der Waals surface area contributed by atoms with Crippen LogP contribution in [0.25, 0.3) is 11.1 Å². The number of rotatable bonds is 4. The van der Waals surface area contributed by atoms with Gasteiger partial charge in [-0.05, 0) is 64.7 Å². The fourth-order valence-electron chi connectivity index (χ4n) is 5.54. The van der Waals surface area contributed by atoms with Gasteiger partial charge in [-0.25, -0.2) is 0 Å². The summed E-state index contributed by atoms with van der Waals surface area (Å²) >= 11 is 0. The quantitative estimate of drug-likeness (QED) is 0.419. The molecule has 0 saturated carbocycles. The van der Waals surface area contributed by atoms with E-state index in [1.54, 1.807) is 0 Å². The normalized spacial score (nSPS) is 27.0. The minimum absolute atomic E-state index is 0.00148. The number of nitrogens with zero attached hydrogens (tertiary/aromatic N) is 1. The first-order valence-electron chi connectivity index (χ1n) is 13.8. The van der Waals surface area contributed by atoms with E-state index in [0.29, 0.717) is 0 Å². The molecule has 1 fully saturated rings. The summed E-state index contributed by atoms with van der Waals surface area (Å²) in [7, 11) is 0. The van der Waals surface area contributed by atoms with E-state index in [2.05, 4.69) is 147 Å². The summed E-state index contributed by atoms with van der Waals surface area (Å²) in [4.78, 5) is 2.32. The molecule has 2 aromatic rings. The van der Waals surface area contributed by atoms with Crippen molar-refractivity contribution in [1.29, 1.82) is 0 Å². The van der Waals surface area contributed by atoms with Crippen molar-refractivity contribution >= 4 is 0 Å². The first-order valence-corrected chi connectivity index (χ1v) is 13.8. The van der Waals surface area contributed by atoms with Crippen LogP contribution in [0.4, 0.5) is 0 Å². The lowest BCUT2D eigenvalue weighted by molar-refractivity contribution is 0.178. The summed E-state index contributed by atoms with van der Waals surface area (Å²) in [5, 5.41) is 7.38. The summed E-state index contributed by atoms with van der Waals surface area (Å²) < 4.78 is 0. The molecule has 3 heterocycles. The molecule has 2 aromatic carbocycles. The monoisotopic (exact) mass is 503 g/mol. The molecule has 0 amide bonds. The lowest BCUT2D eigenvalue weighted by atomic mass is 9.65. The molecule has 2 N–H and O–H groups in total. The molecule has 5 rings (SSSR count). The van der Waals surface area contributed by atoms with Gasteiger partial charge in [0.15, 0.2) is 6.29 Å². The maximum absolute atomic E-state index is 3.72. The highest BCUT2D eigenvalue weighted by Crippen LogP contribution is 2.43. The summed E-state index contributed by atoms with van der Waals surface area (Å²) in [6.07, 6.45) is 13.8. The van der Waals surface area contributed by atoms with Gasteiger partial charge in [-0.15, -0.1) is 0 Å². The van der Waals surface area contributed by atoms with Gasteiger partial charge >= 0.3 is 0 Å². The van der Waals surface area contributed by atoms with Crippen molar-refractivity contribution in [2.45, 2.75) is 78.0 Å². The third-order valence-electron chi connectivity index (χ3n) is 8.99. The Morgan fingerprint density at radius 1 is 0.974 bits per heavy atom. The van der Waals surface area contributed by atoms with Gasteiger partial charge in [0, 0.05) is 5.41 Å². The lowest BCUT2D eigenvalue weighted by Gasteiger charge is -2.40. The second-order valence-corrected chi connectivity index (χ2v) is 12.6. The maximum atomic E-state index is 3.72. The van der Waals surface area contributed by atoms with Gasteiger partial charge in [0.2, 0.25) is 0 Å². The summed E-state index contributed by atoms with van der Waals surface area (Å²) in [5.74, 6) is 0. The SMILES string of the molecule is C\C=C/C=C1\NC2N\C1=C/C(C)(c1cccc(-c3cccc(C(C)(C)C(C)(C)C)c3)c1)CC1C=C=C=CN12. The molecule has 0 radical (unpaired) electrons. The first kappa shape index (κ1) is 26.0. The lowest BCUT2D eigenvalue weighted by Crippen LogP contribution is -2.52. The molecule has 1 saturated heterocycles. The number of fused-ring (bicyclic) bond motifs is 4. The minimum Gasteiger partial charge on any atom is -0.347 e. The Morgan fingerprint density at radius 2 is 1.71 bits per heavy atom. The molecule has 0 spiro atoms. The van der Waals surface area contributed by atoms with E-state index in [-0.39, 0.29) is 28.6 Å². The Bertz CT molecular complexity index is 1420. The molecule has 3 unspecified atom stereocenters. The van der Waals surface area contributed by atoms with Crippen molar-refractivity contribution in [1.82, 2.24) is 15.5 Å². The first-order chi connectivity index (χ1) is 18.0. The number of hydrogen-bond acceptors (Lipinski definition) is 3. The average Bonchev–Trinajstić information content (AvgIpc) is 3.29. The third-order valence-corrected chi connectivity index (χ3v) is 8.99. The average molecular weight is 504 g/mol. The molecule has 2 bridgehead atoms. The Morgan fingerprint density at radius 3 is 2.45 bits per heavy atom. The number of hydrogen-bond donors (Lipinski definition) is 2. The minimum atomic E-state index is -0.196. The fourth-order valence-corrected chi connectivity index (χ4v) is 5.54. The van der Waals surface area contributed by atoms with E-state index < -0.39 is 0 Å². The van der Waals surface area contributed by atoms with Gasteiger partial charge in [-0.2, -0.15) is 0 Å². The van der Waals surface area contributed by atoms with Crippen LogP contribution < -0.4 is 10.6 Å². The van der Waals surface area contributed by atoms with Crippen LogP contribution in [0.3, 0.4) is 0 Å². The van der Waals surface area contributed by atoms with Crippen LogP contribution in [-0.4, -0.2) is 17.2 Å². The van der Waals surface area contributed by atoms with Gasteiger partial charge in [0.05, 0.1) is 23.6 Å². The Hall–Kier alpha value is -3.64. The second kappa shape index (κ2) is 9.59. The molecule has 0 aromatic heterocycles. The number of nitrogens with one attached hydrogen (secondary N) is 2. The van der Waals surface area contributed by atoms with E-state index in [1.165, 1.54) is 22.3 Å². The Balaban J connectivity index is 1.59. The van der Waals surface area contributed by atoms with Crippen molar-refractivity contribution in [3.05, 3.63) is 119 Å². The molecule has 3 atom stereocenters. The molecule has 196 valence electrons. The highest BCUT2D eigenvalue weighted by Gasteiger charge is 2.39. The molecule has 3 aliphatic rings. The molecule has 3 heteroatoms. The highest BCUT2D eigenvalue weighted by atomic mass is 15.4. The zero-order chi connectivity index (χ0) is 27.1. The van der Waals surface area contributed by atoms with Crippen LogP contribution in [0.2, 0.25) is 0 Å². The van der Waals surface area contributed by atoms with E-state index in [0.717, 1.165) is 17.8 Å². The van der Waals surface area contributed by atoms with Crippen LogP contribution in [-0.2, 0) is 10.8 Å². The van der Waals surface area contributed by atoms with E-state index in [1.807, 2.05) is 13.1 Å². The standard InChI is InChI=1S/C35H41N3/c1-8-9-19-30-31-24-35(7,23-29-18-10-11-20-38(29)32(36-30)37-31)28-17-13-15-26(22-28)25-14-12-16-27(21-25)34(5,6)33(2,3)4/h8-9,12-22,24,29,32,36-37H,23H2,1-7H3/b9-8-,30-19-,31-24-. The zero-order valence-corrected chi connectivity index (χ0v) is 23.9. The second-order valence-electron chi connectivity index (χ2n) is 12.6. The topological polar surface area (TPSA) is 27.3 Å². The zero-order valence-electron chi connectivity index (χ0n) is 23.9. The van der Waals surface area contributed by atoms with E-state index >= 15 is 0 Å². The largest absolute Gasteiger partial charge is 0.347 e. The number of allylic oxidation sites excluding steroid dienone is 4. The third kappa shape index (κ3) is 4.69. The van der Waals surface area contributed by atoms with E-state index in [4.69, 9.17) is 0 Å². The predicted octanol–water partition coefficient (Wildman–Crippen LogP) is 7.67. The van der Waals surface area contributed by atoms with Crippen molar-refractivity contribution in [3.63, 3.8) is 0 Å². The Kier molecular flexibility index (Phi) is 6.56. The smallest absolute Gasteiger partial charge is 0.176 e. The van der Waals surface area contributed by atoms with Gasteiger partial charge in [0.25, 0.3) is 0 Å². The maximum Gasteiger partial charge on any atom is 0.176 e. The van der Waals surface area contributed by atoms with Crippen LogP contribution >= 0.6 is 0 Å². The summed E-state index contributed by atoms with van der Waals surface area (Å²) in [6.45, 7) is 16.1. The fraction of sp³-hybridized carbons (Fsp3) is 0.371. The van der Waals surface area contributed by atoms with Gasteiger partial charge in [-0.1, -0.05) is 114 Å². The van der Waals surface area contributed by atoms with Crippen LogP contribution in [0, 0.1) is 5.41 Å². The van der Waals surface area contributed by atoms with Crippen molar-refractivity contribution in [3.8, 4) is 11.1 Å². The van der Waals surface area contributed by atoms with Gasteiger partial charge in [-0.3, -0.25) is 0 Å². The summed E-state index contributed by atoms with van der Waals surface area (Å²) in [6, 6.07) is 18.4. The molecule has 0 aliphatic carbocycles. The summed E-state index contributed by atoms with van der Waals surface area (Å²) in [5.41, 5.74) is 13.9. The van der Waals surface area contributed by atoms with Crippen molar-refractivity contribution < 1.29 is 0 Å². The Labute approximate surface area is 229 Å². The molecule has 3 aliphatic heterocycles. The van der Waals surface area contributed by atoms with Crippen LogP contribution in [0.15, 0.2) is 108 Å². The molecular weight excluding hydrogens is 462 g/mol.